The Hall–Kier alpha value is -1.56. The average Bonchev–Trinajstić information content (AvgIpc) is 2.44. The van der Waals surface area contributed by atoms with E-state index < -0.39 is 6.10 Å². The van der Waals surface area contributed by atoms with Crippen LogP contribution in [0.3, 0.4) is 0 Å². The molecule has 16 heavy (non-hydrogen) atoms. The van der Waals surface area contributed by atoms with Crippen LogP contribution in [0.2, 0.25) is 0 Å². The predicted molar refractivity (Wildman–Crippen MR) is 60.8 cm³/mol. The molecular formula is C10H18N4O2. The van der Waals surface area contributed by atoms with Crippen LogP contribution in [0.1, 0.15) is 30.8 Å². The van der Waals surface area contributed by atoms with Gasteiger partial charge in [0.2, 0.25) is 0 Å². The second kappa shape index (κ2) is 4.98. The van der Waals surface area contributed by atoms with Gasteiger partial charge >= 0.3 is 0 Å². The van der Waals surface area contributed by atoms with E-state index in [-0.39, 0.29) is 11.9 Å². The third-order valence-corrected chi connectivity index (χ3v) is 2.25. The Morgan fingerprint density at radius 1 is 1.69 bits per heavy atom. The number of anilines is 1. The van der Waals surface area contributed by atoms with E-state index >= 15 is 0 Å². The highest BCUT2D eigenvalue weighted by Crippen LogP contribution is 2.09. The zero-order chi connectivity index (χ0) is 12.3. The number of nitrogens with two attached hydrogens (primary N) is 1. The number of nitrogens with zero attached hydrogens (tertiary/aromatic N) is 2. The van der Waals surface area contributed by atoms with Gasteiger partial charge in [0, 0.05) is 13.1 Å². The number of aryl methyl sites for hydroxylation is 1. The van der Waals surface area contributed by atoms with Crippen molar-refractivity contribution in [2.45, 2.75) is 32.4 Å². The molecule has 4 N–H and O–H groups in total. The zero-order valence-corrected chi connectivity index (χ0v) is 9.77. The lowest BCUT2D eigenvalue weighted by molar-refractivity contribution is 0.0914. The molecule has 1 heterocycles. The van der Waals surface area contributed by atoms with Crippen LogP contribution in [0.25, 0.3) is 0 Å². The minimum atomic E-state index is -0.445. The molecule has 1 aromatic rings. The van der Waals surface area contributed by atoms with Gasteiger partial charge in [0.1, 0.15) is 5.69 Å². The number of aromatic nitrogens is 2. The second-order valence-electron chi connectivity index (χ2n) is 4.03. The van der Waals surface area contributed by atoms with Crippen molar-refractivity contribution in [2.24, 2.45) is 7.05 Å². The van der Waals surface area contributed by atoms with E-state index in [0.717, 1.165) is 0 Å². The Balaban J connectivity index is 2.66. The fourth-order valence-electron chi connectivity index (χ4n) is 1.60. The Bertz CT molecular complexity index is 353. The van der Waals surface area contributed by atoms with Crippen LogP contribution in [-0.4, -0.2) is 32.9 Å². The van der Waals surface area contributed by atoms with E-state index in [9.17, 15) is 9.90 Å². The summed E-state index contributed by atoms with van der Waals surface area (Å²) in [7, 11) is 1.66. The Morgan fingerprint density at radius 2 is 2.31 bits per heavy atom. The number of amides is 1. The summed E-state index contributed by atoms with van der Waals surface area (Å²) in [5, 5.41) is 15.8. The Kier molecular flexibility index (Phi) is 3.89. The van der Waals surface area contributed by atoms with Crippen LogP contribution in [0.5, 0.6) is 0 Å². The number of hydrogen-bond acceptors (Lipinski definition) is 4. The first-order chi connectivity index (χ1) is 7.41. The van der Waals surface area contributed by atoms with Crippen LogP contribution < -0.4 is 11.1 Å². The monoisotopic (exact) mass is 226 g/mol. The largest absolute Gasteiger partial charge is 0.396 e. The van der Waals surface area contributed by atoms with Crippen LogP contribution in [-0.2, 0) is 7.05 Å². The molecule has 0 aliphatic rings. The quantitative estimate of drug-likeness (QED) is 0.668. The molecule has 0 bridgehead atoms. The van der Waals surface area contributed by atoms with Gasteiger partial charge in [-0.2, -0.15) is 5.10 Å². The van der Waals surface area contributed by atoms with E-state index in [2.05, 4.69) is 10.4 Å². The maximum atomic E-state index is 11.8. The first-order valence-corrected chi connectivity index (χ1v) is 5.18. The molecule has 0 fully saturated rings. The van der Waals surface area contributed by atoms with E-state index in [1.807, 2.05) is 6.92 Å². The SMILES string of the molecule is CC(O)CC(C)NC(=O)c1c(N)cnn1C. The van der Waals surface area contributed by atoms with Gasteiger partial charge in [0.05, 0.1) is 18.0 Å². The number of rotatable bonds is 4. The van der Waals surface area contributed by atoms with E-state index in [1.165, 1.54) is 10.9 Å². The highest BCUT2D eigenvalue weighted by molar-refractivity contribution is 5.97. The smallest absolute Gasteiger partial charge is 0.271 e. The number of carbonyl (C=O) groups excluding carboxylic acids is 1. The highest BCUT2D eigenvalue weighted by atomic mass is 16.3. The summed E-state index contributed by atoms with van der Waals surface area (Å²) in [4.78, 5) is 11.8. The first kappa shape index (κ1) is 12.5. The van der Waals surface area contributed by atoms with Crippen molar-refractivity contribution in [3.8, 4) is 0 Å². The highest BCUT2D eigenvalue weighted by Gasteiger charge is 2.17. The maximum Gasteiger partial charge on any atom is 0.271 e. The van der Waals surface area contributed by atoms with Gasteiger partial charge in [-0.3, -0.25) is 9.48 Å². The van der Waals surface area contributed by atoms with Crippen LogP contribution >= 0.6 is 0 Å². The average molecular weight is 226 g/mol. The number of nitrogen functional groups attached to an aromatic ring is 1. The Morgan fingerprint density at radius 3 is 2.75 bits per heavy atom. The van der Waals surface area contributed by atoms with E-state index in [0.29, 0.717) is 17.8 Å². The van der Waals surface area contributed by atoms with Crippen molar-refractivity contribution in [3.05, 3.63) is 11.9 Å². The number of aliphatic hydroxyl groups is 1. The molecule has 2 unspecified atom stereocenters. The molecule has 0 spiro atoms. The number of carbonyl (C=O) groups is 1. The number of nitrogens with one attached hydrogen (secondary N) is 1. The van der Waals surface area contributed by atoms with Crippen LogP contribution in [0.4, 0.5) is 5.69 Å². The van der Waals surface area contributed by atoms with Gasteiger partial charge in [-0.1, -0.05) is 0 Å². The van der Waals surface area contributed by atoms with Crippen molar-refractivity contribution >= 4 is 11.6 Å². The molecule has 1 aromatic heterocycles. The summed E-state index contributed by atoms with van der Waals surface area (Å²) in [6, 6.07) is -0.109. The maximum absolute atomic E-state index is 11.8. The molecule has 0 aromatic carbocycles. The van der Waals surface area contributed by atoms with Gasteiger partial charge in [-0.25, -0.2) is 0 Å². The molecule has 0 saturated heterocycles. The standard InChI is InChI=1S/C10H18N4O2/c1-6(4-7(2)15)13-10(16)9-8(11)5-12-14(9)3/h5-7,15H,4,11H2,1-3H3,(H,13,16). The predicted octanol–water partition coefficient (Wildman–Crippen LogP) is -0.109. The first-order valence-electron chi connectivity index (χ1n) is 5.18. The molecule has 6 heteroatoms. The molecule has 0 saturated carbocycles. The molecule has 6 nitrogen and oxygen atoms in total. The summed E-state index contributed by atoms with van der Waals surface area (Å²) >= 11 is 0. The van der Waals surface area contributed by atoms with Gasteiger partial charge in [0.15, 0.2) is 0 Å². The zero-order valence-electron chi connectivity index (χ0n) is 9.77. The van der Waals surface area contributed by atoms with Gasteiger partial charge < -0.3 is 16.2 Å². The second-order valence-corrected chi connectivity index (χ2v) is 4.03. The van der Waals surface area contributed by atoms with Crippen molar-refractivity contribution in [3.63, 3.8) is 0 Å². The van der Waals surface area contributed by atoms with Crippen molar-refractivity contribution in [1.82, 2.24) is 15.1 Å². The van der Waals surface area contributed by atoms with Gasteiger partial charge in [-0.15, -0.1) is 0 Å². The lowest BCUT2D eigenvalue weighted by Crippen LogP contribution is -2.36. The summed E-state index contributed by atoms with van der Waals surface area (Å²) in [5.41, 5.74) is 6.32. The molecule has 1 amide bonds. The fourth-order valence-corrected chi connectivity index (χ4v) is 1.60. The number of hydrogen-bond donors (Lipinski definition) is 3. The third kappa shape index (κ3) is 2.96. The van der Waals surface area contributed by atoms with Crippen LogP contribution in [0.15, 0.2) is 6.20 Å². The molecule has 0 aliphatic carbocycles. The third-order valence-electron chi connectivity index (χ3n) is 2.25. The lowest BCUT2D eigenvalue weighted by Gasteiger charge is -2.15. The minimum absolute atomic E-state index is 0.109. The molecule has 90 valence electrons. The summed E-state index contributed by atoms with van der Waals surface area (Å²) in [6.07, 6.45) is 1.50. The van der Waals surface area contributed by atoms with Crippen molar-refractivity contribution < 1.29 is 9.90 Å². The van der Waals surface area contributed by atoms with E-state index in [4.69, 9.17) is 5.73 Å². The molecular weight excluding hydrogens is 208 g/mol. The molecule has 0 aliphatic heterocycles. The summed E-state index contributed by atoms with van der Waals surface area (Å²) in [6.45, 7) is 3.51. The van der Waals surface area contributed by atoms with Crippen LogP contribution in [0, 0.1) is 0 Å². The normalized spacial score (nSPS) is 14.5. The summed E-state index contributed by atoms with van der Waals surface area (Å²) < 4.78 is 1.43. The number of aliphatic hydroxyl groups excluding tert-OH is 1. The van der Waals surface area contributed by atoms with Crippen molar-refractivity contribution in [1.29, 1.82) is 0 Å². The van der Waals surface area contributed by atoms with Gasteiger partial charge in [0.25, 0.3) is 5.91 Å². The summed E-state index contributed by atoms with van der Waals surface area (Å²) in [5.74, 6) is -0.273. The minimum Gasteiger partial charge on any atom is -0.396 e. The topological polar surface area (TPSA) is 93.2 Å². The Labute approximate surface area is 94.4 Å². The lowest BCUT2D eigenvalue weighted by atomic mass is 10.1. The molecule has 1 rings (SSSR count). The fraction of sp³-hybridized carbons (Fsp3) is 0.600. The van der Waals surface area contributed by atoms with Gasteiger partial charge in [-0.05, 0) is 20.3 Å². The van der Waals surface area contributed by atoms with E-state index in [1.54, 1.807) is 14.0 Å². The van der Waals surface area contributed by atoms with Crippen molar-refractivity contribution in [2.75, 3.05) is 5.73 Å². The molecule has 0 radical (unpaired) electrons. The molecule has 2 atom stereocenters.